The van der Waals surface area contributed by atoms with E-state index in [0.717, 1.165) is 11.3 Å². The maximum atomic E-state index is 13.6. The van der Waals surface area contributed by atoms with Crippen LogP contribution in [0.15, 0.2) is 54.6 Å². The van der Waals surface area contributed by atoms with Crippen LogP contribution in [0.3, 0.4) is 0 Å². The van der Waals surface area contributed by atoms with Gasteiger partial charge in [-0.05, 0) is 61.4 Å². The Morgan fingerprint density at radius 3 is 2.41 bits per heavy atom. The zero-order valence-electron chi connectivity index (χ0n) is 20.9. The molecule has 0 unspecified atom stereocenters. The fraction of sp³-hybridized carbons (Fsp3) is 0.250. The Kier molecular flexibility index (Phi) is 7.69. The van der Waals surface area contributed by atoms with Gasteiger partial charge in [0, 0.05) is 29.3 Å². The second-order valence-corrected chi connectivity index (χ2v) is 8.85. The van der Waals surface area contributed by atoms with E-state index in [0.29, 0.717) is 45.4 Å². The van der Waals surface area contributed by atoms with E-state index in [4.69, 9.17) is 25.8 Å². The Morgan fingerprint density at radius 2 is 1.78 bits per heavy atom. The zero-order chi connectivity index (χ0) is 26.7. The third-order valence-electron chi connectivity index (χ3n) is 6.18. The van der Waals surface area contributed by atoms with Crippen molar-refractivity contribution < 1.29 is 28.9 Å². The Hall–Kier alpha value is -4.04. The van der Waals surface area contributed by atoms with Crippen molar-refractivity contribution in [1.29, 1.82) is 0 Å². The molecule has 8 nitrogen and oxygen atoms in total. The van der Waals surface area contributed by atoms with Gasteiger partial charge < -0.3 is 23.9 Å². The molecule has 0 aliphatic rings. The lowest BCUT2D eigenvalue weighted by Crippen LogP contribution is -2.26. The standard InChI is InChI=1S/C28H27ClN2O6/c1-5-22(28(33)34)37-23-14-17(6-12-21(23)29)15-31-16(2)25(20-11-13-24(36-4)30-27(20)31)26(32)18-7-9-19(35-3)10-8-18/h6-14,22H,5,15H2,1-4H3,(H,33,34)/t22-/m1/s1. The predicted molar refractivity (Wildman–Crippen MR) is 140 cm³/mol. The third-order valence-corrected chi connectivity index (χ3v) is 6.49. The van der Waals surface area contributed by atoms with Crippen molar-refractivity contribution in [3.63, 3.8) is 0 Å². The number of ketones is 1. The largest absolute Gasteiger partial charge is 0.497 e. The number of fused-ring (bicyclic) bond motifs is 1. The summed E-state index contributed by atoms with van der Waals surface area (Å²) in [6.45, 7) is 3.94. The number of methoxy groups -OCH3 is 2. The highest BCUT2D eigenvalue weighted by Gasteiger charge is 2.24. The number of aliphatic carboxylic acids is 1. The summed E-state index contributed by atoms with van der Waals surface area (Å²) in [7, 11) is 3.11. The molecule has 9 heteroatoms. The molecule has 0 aliphatic carbocycles. The second-order valence-electron chi connectivity index (χ2n) is 8.45. The monoisotopic (exact) mass is 522 g/mol. The molecule has 0 saturated heterocycles. The van der Waals surface area contributed by atoms with Crippen LogP contribution in [0.4, 0.5) is 0 Å². The number of pyridine rings is 1. The SMILES string of the molecule is CC[C@@H](Oc1cc(Cn2c(C)c(C(=O)c3ccc(OC)cc3)c3ccc(OC)nc32)ccc1Cl)C(=O)O. The molecule has 1 atom stereocenters. The summed E-state index contributed by atoms with van der Waals surface area (Å²) >= 11 is 6.30. The highest BCUT2D eigenvalue weighted by molar-refractivity contribution is 6.32. The van der Waals surface area contributed by atoms with Gasteiger partial charge in [0.2, 0.25) is 5.88 Å². The fourth-order valence-corrected chi connectivity index (χ4v) is 4.34. The summed E-state index contributed by atoms with van der Waals surface area (Å²) in [5.41, 5.74) is 3.18. The molecule has 4 rings (SSSR count). The summed E-state index contributed by atoms with van der Waals surface area (Å²) in [5, 5.41) is 10.4. The smallest absolute Gasteiger partial charge is 0.344 e. The van der Waals surface area contributed by atoms with Gasteiger partial charge in [0.15, 0.2) is 11.9 Å². The lowest BCUT2D eigenvalue weighted by Gasteiger charge is -2.16. The predicted octanol–water partition coefficient (Wildman–Crippen LogP) is 5.54. The maximum absolute atomic E-state index is 13.6. The van der Waals surface area contributed by atoms with Crippen LogP contribution in [0.25, 0.3) is 11.0 Å². The molecule has 0 saturated carbocycles. The van der Waals surface area contributed by atoms with Gasteiger partial charge in [-0.3, -0.25) is 4.79 Å². The number of hydrogen-bond donors (Lipinski definition) is 1. The molecule has 2 aromatic heterocycles. The molecule has 4 aromatic rings. The summed E-state index contributed by atoms with van der Waals surface area (Å²) in [4.78, 5) is 29.7. The number of carboxylic acids is 1. The minimum Gasteiger partial charge on any atom is -0.497 e. The van der Waals surface area contributed by atoms with Crippen molar-refractivity contribution in [2.45, 2.75) is 32.9 Å². The van der Waals surface area contributed by atoms with Gasteiger partial charge in [-0.2, -0.15) is 4.98 Å². The third kappa shape index (κ3) is 5.24. The normalized spacial score (nSPS) is 11.8. The molecule has 0 fully saturated rings. The Labute approximate surface area is 219 Å². The molecule has 0 amide bonds. The quantitative estimate of drug-likeness (QED) is 0.273. The molecule has 2 aromatic carbocycles. The number of halogens is 1. The van der Waals surface area contributed by atoms with Crippen molar-refractivity contribution >= 4 is 34.4 Å². The van der Waals surface area contributed by atoms with E-state index >= 15 is 0 Å². The summed E-state index contributed by atoms with van der Waals surface area (Å²) in [5.74, 6) is 0.165. The van der Waals surface area contributed by atoms with Crippen LogP contribution in [0.1, 0.15) is 40.5 Å². The number of benzene rings is 2. The van der Waals surface area contributed by atoms with Crippen LogP contribution >= 0.6 is 11.6 Å². The summed E-state index contributed by atoms with van der Waals surface area (Å²) in [6.07, 6.45) is -0.723. The first-order valence-electron chi connectivity index (χ1n) is 11.7. The van der Waals surface area contributed by atoms with Crippen LogP contribution in [0.5, 0.6) is 17.4 Å². The summed E-state index contributed by atoms with van der Waals surface area (Å²) < 4.78 is 18.2. The number of carbonyl (C=O) groups excluding carboxylic acids is 1. The molecule has 0 spiro atoms. The number of aromatic nitrogens is 2. The van der Waals surface area contributed by atoms with Crippen LogP contribution in [0.2, 0.25) is 5.02 Å². The van der Waals surface area contributed by atoms with Gasteiger partial charge in [0.1, 0.15) is 17.1 Å². The fourth-order valence-electron chi connectivity index (χ4n) is 4.18. The van der Waals surface area contributed by atoms with Gasteiger partial charge >= 0.3 is 5.97 Å². The molecule has 192 valence electrons. The first-order valence-corrected chi connectivity index (χ1v) is 12.1. The van der Waals surface area contributed by atoms with E-state index < -0.39 is 12.1 Å². The molecule has 37 heavy (non-hydrogen) atoms. The number of nitrogens with zero attached hydrogens (tertiary/aromatic N) is 2. The Balaban J connectivity index is 1.79. The molecule has 2 heterocycles. The average molecular weight is 523 g/mol. The van der Waals surface area contributed by atoms with Gasteiger partial charge in [-0.15, -0.1) is 0 Å². The van der Waals surface area contributed by atoms with E-state index in [1.165, 1.54) is 7.11 Å². The minimum absolute atomic E-state index is 0.136. The second kappa shape index (κ2) is 10.9. The van der Waals surface area contributed by atoms with Gasteiger partial charge in [0.25, 0.3) is 0 Å². The molecular weight excluding hydrogens is 496 g/mol. The average Bonchev–Trinajstić information content (AvgIpc) is 3.18. The molecule has 1 N–H and O–H groups in total. The van der Waals surface area contributed by atoms with Crippen LogP contribution in [-0.4, -0.2) is 46.7 Å². The molecule has 0 aliphatic heterocycles. The Bertz CT molecular complexity index is 1460. The van der Waals surface area contributed by atoms with E-state index in [1.807, 2.05) is 23.6 Å². The van der Waals surface area contributed by atoms with E-state index in [2.05, 4.69) is 4.98 Å². The lowest BCUT2D eigenvalue weighted by atomic mass is 10.0. The summed E-state index contributed by atoms with van der Waals surface area (Å²) in [6, 6.07) is 15.7. The molecular formula is C28H27ClN2O6. The van der Waals surface area contributed by atoms with Crippen molar-refractivity contribution in [3.05, 3.63) is 82.0 Å². The maximum Gasteiger partial charge on any atom is 0.344 e. The first-order chi connectivity index (χ1) is 17.8. The van der Waals surface area contributed by atoms with Crippen LogP contribution in [0, 0.1) is 6.92 Å². The van der Waals surface area contributed by atoms with Gasteiger partial charge in [-0.1, -0.05) is 24.6 Å². The molecule has 0 bridgehead atoms. The lowest BCUT2D eigenvalue weighted by molar-refractivity contribution is -0.145. The highest BCUT2D eigenvalue weighted by Crippen LogP contribution is 2.32. The number of rotatable bonds is 10. The van der Waals surface area contributed by atoms with Crippen LogP contribution < -0.4 is 14.2 Å². The highest BCUT2D eigenvalue weighted by atomic mass is 35.5. The van der Waals surface area contributed by atoms with Crippen molar-refractivity contribution in [3.8, 4) is 17.4 Å². The van der Waals surface area contributed by atoms with E-state index in [1.54, 1.807) is 56.5 Å². The van der Waals surface area contributed by atoms with E-state index in [-0.39, 0.29) is 18.0 Å². The molecule has 0 radical (unpaired) electrons. The number of carboxylic acid groups (broad SMARTS) is 1. The van der Waals surface area contributed by atoms with E-state index in [9.17, 15) is 14.7 Å². The van der Waals surface area contributed by atoms with Gasteiger partial charge in [-0.25, -0.2) is 4.79 Å². The Morgan fingerprint density at radius 1 is 1.05 bits per heavy atom. The first kappa shape index (κ1) is 26.0. The van der Waals surface area contributed by atoms with Crippen molar-refractivity contribution in [2.24, 2.45) is 0 Å². The van der Waals surface area contributed by atoms with Crippen molar-refractivity contribution in [1.82, 2.24) is 9.55 Å². The van der Waals surface area contributed by atoms with Crippen molar-refractivity contribution in [2.75, 3.05) is 14.2 Å². The zero-order valence-corrected chi connectivity index (χ0v) is 21.7. The van der Waals surface area contributed by atoms with Gasteiger partial charge in [0.05, 0.1) is 24.8 Å². The van der Waals surface area contributed by atoms with Crippen LogP contribution in [-0.2, 0) is 11.3 Å². The number of carbonyl (C=O) groups is 2. The number of hydrogen-bond acceptors (Lipinski definition) is 6. The minimum atomic E-state index is -1.06. The number of ether oxygens (including phenoxy) is 3. The topological polar surface area (TPSA) is 99.9 Å².